The summed E-state index contributed by atoms with van der Waals surface area (Å²) >= 11 is 1.47. The Morgan fingerprint density at radius 3 is 2.92 bits per heavy atom. The van der Waals surface area contributed by atoms with Gasteiger partial charge in [0.25, 0.3) is 11.8 Å². The van der Waals surface area contributed by atoms with Crippen LogP contribution in [0.25, 0.3) is 21.7 Å². The smallest absolute Gasteiger partial charge is 0.339 e. The summed E-state index contributed by atoms with van der Waals surface area (Å²) in [5.41, 5.74) is 0.389. The van der Waals surface area contributed by atoms with E-state index in [9.17, 15) is 9.59 Å². The number of aromatic nitrogens is 3. The van der Waals surface area contributed by atoms with Gasteiger partial charge in [-0.05, 0) is 17.5 Å². The molecule has 0 aliphatic rings. The highest BCUT2D eigenvalue weighted by Crippen LogP contribution is 2.23. The van der Waals surface area contributed by atoms with Gasteiger partial charge in [-0.15, -0.1) is 21.5 Å². The first-order chi connectivity index (χ1) is 12.2. The maximum atomic E-state index is 12.4. The number of nitrogens with one attached hydrogen (secondary N) is 1. The Morgan fingerprint density at radius 1 is 1.20 bits per heavy atom. The molecule has 3 heterocycles. The number of pyridine rings is 1. The predicted octanol–water partition coefficient (Wildman–Crippen LogP) is 3.00. The van der Waals surface area contributed by atoms with Crippen LogP contribution in [0, 0.1) is 0 Å². The number of rotatable bonds is 4. The maximum Gasteiger partial charge on any atom is 0.339 e. The number of para-hydroxylation sites is 1. The van der Waals surface area contributed by atoms with Gasteiger partial charge in [-0.25, -0.2) is 4.79 Å². The Kier molecular flexibility index (Phi) is 3.87. The third kappa shape index (κ3) is 3.07. The van der Waals surface area contributed by atoms with Gasteiger partial charge >= 0.3 is 5.97 Å². The molecule has 0 saturated heterocycles. The average molecular weight is 353 g/mol. The molecule has 1 N–H and O–H groups in total. The summed E-state index contributed by atoms with van der Waals surface area (Å²) in [6, 6.07) is 12.0. The van der Waals surface area contributed by atoms with Crippen LogP contribution >= 0.6 is 11.3 Å². The Bertz CT molecular complexity index is 1100. The molecule has 0 aliphatic carbocycles. The van der Waals surface area contributed by atoms with Gasteiger partial charge in [0.05, 0.1) is 10.4 Å². The molecule has 25 heavy (non-hydrogen) atoms. The van der Waals surface area contributed by atoms with Crippen molar-refractivity contribution in [3.8, 4) is 10.8 Å². The van der Waals surface area contributed by atoms with Crippen molar-refractivity contribution in [3.05, 3.63) is 69.7 Å². The second-order valence-corrected chi connectivity index (χ2v) is 6.09. The SMILES string of the molecule is O=C(OCc1nnc(-c2cccs2)o1)c1cc(=O)[nH]c2ccccc12. The number of fused-ring (bicyclic) bond motifs is 1. The van der Waals surface area contributed by atoms with Gasteiger partial charge in [0.2, 0.25) is 5.56 Å². The number of carbonyl (C=O) groups excluding carboxylic acids is 1. The number of hydrogen-bond acceptors (Lipinski definition) is 7. The van der Waals surface area contributed by atoms with Gasteiger partial charge in [0, 0.05) is 17.0 Å². The molecule has 0 amide bonds. The van der Waals surface area contributed by atoms with Crippen molar-refractivity contribution >= 4 is 28.2 Å². The van der Waals surface area contributed by atoms with E-state index in [1.54, 1.807) is 24.3 Å². The number of nitrogens with zero attached hydrogens (tertiary/aromatic N) is 2. The van der Waals surface area contributed by atoms with E-state index in [1.165, 1.54) is 17.4 Å². The van der Waals surface area contributed by atoms with Crippen LogP contribution in [0.15, 0.2) is 57.1 Å². The molecule has 0 fully saturated rings. The molecule has 0 spiro atoms. The minimum absolute atomic E-state index is 0.168. The molecule has 4 rings (SSSR count). The fourth-order valence-corrected chi connectivity index (χ4v) is 3.03. The van der Waals surface area contributed by atoms with Gasteiger partial charge in [-0.1, -0.05) is 24.3 Å². The second kappa shape index (κ2) is 6.33. The van der Waals surface area contributed by atoms with E-state index >= 15 is 0 Å². The molecule has 4 aromatic rings. The Labute approximate surface area is 144 Å². The molecule has 1 aromatic carbocycles. The third-order valence-corrected chi connectivity index (χ3v) is 4.35. The molecule has 8 heteroatoms. The zero-order valence-electron chi connectivity index (χ0n) is 12.8. The molecule has 7 nitrogen and oxygen atoms in total. The number of carbonyl (C=O) groups is 1. The van der Waals surface area contributed by atoms with Crippen molar-refractivity contribution < 1.29 is 13.9 Å². The van der Waals surface area contributed by atoms with Gasteiger partial charge in [0.15, 0.2) is 6.61 Å². The zero-order valence-corrected chi connectivity index (χ0v) is 13.6. The molecule has 0 saturated carbocycles. The first kappa shape index (κ1) is 15.3. The minimum atomic E-state index is -0.627. The van der Waals surface area contributed by atoms with Crippen molar-refractivity contribution in [1.29, 1.82) is 0 Å². The maximum absolute atomic E-state index is 12.4. The van der Waals surface area contributed by atoms with E-state index in [0.717, 1.165) is 4.88 Å². The van der Waals surface area contributed by atoms with Crippen molar-refractivity contribution in [3.63, 3.8) is 0 Å². The quantitative estimate of drug-likeness (QED) is 0.566. The van der Waals surface area contributed by atoms with E-state index in [-0.39, 0.29) is 23.6 Å². The largest absolute Gasteiger partial charge is 0.452 e. The van der Waals surface area contributed by atoms with Gasteiger partial charge in [-0.2, -0.15) is 0 Å². The molecule has 3 aromatic heterocycles. The van der Waals surface area contributed by atoms with Crippen LogP contribution in [0.3, 0.4) is 0 Å². The monoisotopic (exact) mass is 353 g/mol. The standard InChI is InChI=1S/C17H11N3O4S/c21-14-8-11(10-4-1-2-5-12(10)18-14)17(22)23-9-15-19-20-16(24-15)13-6-3-7-25-13/h1-8H,9H2,(H,18,21). The molecule has 124 valence electrons. The van der Waals surface area contributed by atoms with Gasteiger partial charge in [-0.3, -0.25) is 4.79 Å². The summed E-state index contributed by atoms with van der Waals surface area (Å²) in [6.07, 6.45) is 0. The number of esters is 1. The lowest BCUT2D eigenvalue weighted by molar-refractivity contribution is 0.0441. The van der Waals surface area contributed by atoms with E-state index in [1.807, 2.05) is 17.5 Å². The summed E-state index contributed by atoms with van der Waals surface area (Å²) < 4.78 is 10.7. The van der Waals surface area contributed by atoms with Crippen molar-refractivity contribution in [2.45, 2.75) is 6.61 Å². The summed E-state index contributed by atoms with van der Waals surface area (Å²) in [6.45, 7) is -0.168. The number of aromatic amines is 1. The van der Waals surface area contributed by atoms with Crippen molar-refractivity contribution in [2.75, 3.05) is 0 Å². The molecule has 0 bridgehead atoms. The Balaban J connectivity index is 1.54. The van der Waals surface area contributed by atoms with Crippen LogP contribution in [0.5, 0.6) is 0 Å². The molecular formula is C17H11N3O4S. The second-order valence-electron chi connectivity index (χ2n) is 5.15. The number of thiophene rings is 1. The summed E-state index contributed by atoms with van der Waals surface area (Å²) in [5.74, 6) is -0.0632. The van der Waals surface area contributed by atoms with E-state index in [4.69, 9.17) is 9.15 Å². The molecular weight excluding hydrogens is 342 g/mol. The fourth-order valence-electron chi connectivity index (χ4n) is 2.39. The molecule has 0 aliphatic heterocycles. The van der Waals surface area contributed by atoms with Crippen LogP contribution in [0.2, 0.25) is 0 Å². The summed E-state index contributed by atoms with van der Waals surface area (Å²) in [4.78, 5) is 27.6. The topological polar surface area (TPSA) is 98.1 Å². The van der Waals surface area contributed by atoms with Gasteiger partial charge < -0.3 is 14.1 Å². The summed E-state index contributed by atoms with van der Waals surface area (Å²) in [7, 11) is 0. The van der Waals surface area contributed by atoms with Crippen LogP contribution in [-0.4, -0.2) is 21.2 Å². The number of hydrogen-bond donors (Lipinski definition) is 1. The molecule has 0 radical (unpaired) electrons. The molecule has 0 unspecified atom stereocenters. The first-order valence-electron chi connectivity index (χ1n) is 7.36. The van der Waals surface area contributed by atoms with Crippen LogP contribution in [0.4, 0.5) is 0 Å². The average Bonchev–Trinajstić information content (AvgIpc) is 3.30. The zero-order chi connectivity index (χ0) is 17.2. The third-order valence-electron chi connectivity index (χ3n) is 3.50. The van der Waals surface area contributed by atoms with E-state index < -0.39 is 5.97 Å². The highest BCUT2D eigenvalue weighted by molar-refractivity contribution is 7.13. The van der Waals surface area contributed by atoms with E-state index in [0.29, 0.717) is 16.8 Å². The highest BCUT2D eigenvalue weighted by Gasteiger charge is 2.15. The normalized spacial score (nSPS) is 10.9. The number of H-pyrrole nitrogens is 1. The lowest BCUT2D eigenvalue weighted by atomic mass is 10.1. The first-order valence-corrected chi connectivity index (χ1v) is 8.24. The van der Waals surface area contributed by atoms with Crippen LogP contribution < -0.4 is 5.56 Å². The number of ether oxygens (including phenoxy) is 1. The summed E-state index contributed by atoms with van der Waals surface area (Å²) in [5, 5.41) is 10.3. The van der Waals surface area contributed by atoms with E-state index in [2.05, 4.69) is 15.2 Å². The molecule has 0 atom stereocenters. The lowest BCUT2D eigenvalue weighted by Crippen LogP contribution is -2.13. The number of benzene rings is 1. The van der Waals surface area contributed by atoms with Crippen LogP contribution in [-0.2, 0) is 11.3 Å². The Morgan fingerprint density at radius 2 is 2.08 bits per heavy atom. The highest BCUT2D eigenvalue weighted by atomic mass is 32.1. The van der Waals surface area contributed by atoms with Crippen molar-refractivity contribution in [2.24, 2.45) is 0 Å². The minimum Gasteiger partial charge on any atom is -0.452 e. The van der Waals surface area contributed by atoms with Crippen molar-refractivity contribution in [1.82, 2.24) is 15.2 Å². The van der Waals surface area contributed by atoms with Crippen LogP contribution in [0.1, 0.15) is 16.2 Å². The lowest BCUT2D eigenvalue weighted by Gasteiger charge is -2.05. The fraction of sp³-hybridized carbons (Fsp3) is 0.0588. The Hall–Kier alpha value is -3.26. The van der Waals surface area contributed by atoms with Gasteiger partial charge in [0.1, 0.15) is 0 Å². The predicted molar refractivity (Wildman–Crippen MR) is 91.3 cm³/mol.